The van der Waals surface area contributed by atoms with Crippen molar-refractivity contribution in [3.63, 3.8) is 0 Å². The standard InChI is InChI=1S/C8H13N3O2S/c1-6(14(2)13)3-9-8(12)7-4-10-11-5-7/h4-6H,3H2,1-2H3,(H,9,12)(H,10,11). The van der Waals surface area contributed by atoms with Gasteiger partial charge in [-0.1, -0.05) is 0 Å². The average Bonchev–Trinajstić information content (AvgIpc) is 2.66. The minimum atomic E-state index is -0.912. The third kappa shape index (κ3) is 2.95. The van der Waals surface area contributed by atoms with Crippen molar-refractivity contribution in [1.29, 1.82) is 0 Å². The highest BCUT2D eigenvalue weighted by Gasteiger charge is 2.10. The quantitative estimate of drug-likeness (QED) is 0.737. The molecule has 2 atom stereocenters. The number of hydrogen-bond donors (Lipinski definition) is 2. The first-order valence-corrected chi connectivity index (χ1v) is 5.82. The van der Waals surface area contributed by atoms with Gasteiger partial charge in [-0.2, -0.15) is 5.10 Å². The number of aromatic amines is 1. The maximum absolute atomic E-state index is 11.4. The van der Waals surface area contributed by atoms with Gasteiger partial charge in [-0.25, -0.2) is 0 Å². The van der Waals surface area contributed by atoms with E-state index in [0.29, 0.717) is 12.1 Å². The van der Waals surface area contributed by atoms with Crippen molar-refractivity contribution in [3.8, 4) is 0 Å². The maximum Gasteiger partial charge on any atom is 0.254 e. The van der Waals surface area contributed by atoms with Crippen molar-refractivity contribution < 1.29 is 9.00 Å². The summed E-state index contributed by atoms with van der Waals surface area (Å²) in [6, 6.07) is 0. The minimum Gasteiger partial charge on any atom is -0.351 e. The number of carbonyl (C=O) groups excluding carboxylic acids is 1. The molecule has 2 N–H and O–H groups in total. The van der Waals surface area contributed by atoms with Crippen LogP contribution in [0.5, 0.6) is 0 Å². The number of H-pyrrole nitrogens is 1. The molecule has 1 amide bonds. The maximum atomic E-state index is 11.4. The van der Waals surface area contributed by atoms with Crippen LogP contribution in [0.4, 0.5) is 0 Å². The van der Waals surface area contributed by atoms with Gasteiger partial charge in [0.1, 0.15) is 0 Å². The number of carbonyl (C=O) groups is 1. The highest BCUT2D eigenvalue weighted by molar-refractivity contribution is 7.84. The van der Waals surface area contributed by atoms with Gasteiger partial charge in [-0.3, -0.25) is 14.1 Å². The van der Waals surface area contributed by atoms with Gasteiger partial charge in [0, 0.05) is 35.0 Å². The molecule has 0 aliphatic carbocycles. The van der Waals surface area contributed by atoms with Gasteiger partial charge < -0.3 is 5.32 Å². The smallest absolute Gasteiger partial charge is 0.254 e. The number of nitrogens with zero attached hydrogens (tertiary/aromatic N) is 1. The van der Waals surface area contributed by atoms with Crippen molar-refractivity contribution in [2.24, 2.45) is 0 Å². The third-order valence-corrected chi connectivity index (χ3v) is 3.18. The summed E-state index contributed by atoms with van der Waals surface area (Å²) in [5.74, 6) is -0.198. The summed E-state index contributed by atoms with van der Waals surface area (Å²) in [4.78, 5) is 11.4. The Hall–Kier alpha value is -1.17. The summed E-state index contributed by atoms with van der Waals surface area (Å²) in [5.41, 5.74) is 0.485. The molecule has 1 rings (SSSR count). The monoisotopic (exact) mass is 215 g/mol. The van der Waals surface area contributed by atoms with Crippen LogP contribution in [0, 0.1) is 0 Å². The largest absolute Gasteiger partial charge is 0.351 e. The van der Waals surface area contributed by atoms with Gasteiger partial charge in [-0.15, -0.1) is 0 Å². The van der Waals surface area contributed by atoms with E-state index >= 15 is 0 Å². The summed E-state index contributed by atoms with van der Waals surface area (Å²) >= 11 is 0. The first-order chi connectivity index (χ1) is 6.61. The number of aromatic nitrogens is 2. The van der Waals surface area contributed by atoms with Gasteiger partial charge in [0.25, 0.3) is 5.91 Å². The van der Waals surface area contributed by atoms with Crippen LogP contribution < -0.4 is 5.32 Å². The summed E-state index contributed by atoms with van der Waals surface area (Å²) in [6.45, 7) is 2.24. The van der Waals surface area contributed by atoms with Crippen LogP contribution in [0.2, 0.25) is 0 Å². The lowest BCUT2D eigenvalue weighted by atomic mass is 10.3. The van der Waals surface area contributed by atoms with Crippen LogP contribution in [0.1, 0.15) is 17.3 Å². The molecule has 14 heavy (non-hydrogen) atoms. The fourth-order valence-corrected chi connectivity index (χ4v) is 1.15. The van der Waals surface area contributed by atoms with E-state index in [4.69, 9.17) is 0 Å². The van der Waals surface area contributed by atoms with E-state index in [0.717, 1.165) is 0 Å². The number of rotatable bonds is 4. The number of amides is 1. The molecule has 0 spiro atoms. The van der Waals surface area contributed by atoms with Crippen LogP contribution >= 0.6 is 0 Å². The molecule has 0 radical (unpaired) electrons. The molecule has 2 unspecified atom stereocenters. The summed E-state index contributed by atoms with van der Waals surface area (Å²) in [6.07, 6.45) is 4.58. The van der Waals surface area contributed by atoms with Gasteiger partial charge in [0.05, 0.1) is 11.8 Å². The molecule has 0 fully saturated rings. The predicted octanol–water partition coefficient (Wildman–Crippen LogP) is -0.0935. The fourth-order valence-electron chi connectivity index (χ4n) is 0.831. The Morgan fingerprint density at radius 1 is 1.79 bits per heavy atom. The molecule has 5 nitrogen and oxygen atoms in total. The first kappa shape index (κ1) is 10.9. The topological polar surface area (TPSA) is 74.8 Å². The van der Waals surface area contributed by atoms with E-state index in [1.54, 1.807) is 6.26 Å². The molecule has 1 aromatic rings. The van der Waals surface area contributed by atoms with Crippen LogP contribution in [-0.4, -0.2) is 38.4 Å². The second kappa shape index (κ2) is 4.90. The van der Waals surface area contributed by atoms with Crippen molar-refractivity contribution in [2.45, 2.75) is 12.2 Å². The van der Waals surface area contributed by atoms with Crippen LogP contribution in [0.15, 0.2) is 12.4 Å². The lowest BCUT2D eigenvalue weighted by Crippen LogP contribution is -2.32. The van der Waals surface area contributed by atoms with Crippen molar-refractivity contribution in [1.82, 2.24) is 15.5 Å². The first-order valence-electron chi connectivity index (χ1n) is 4.20. The van der Waals surface area contributed by atoms with Crippen molar-refractivity contribution >= 4 is 16.7 Å². The Kier molecular flexibility index (Phi) is 3.82. The molecule has 0 aliphatic rings. The number of nitrogens with one attached hydrogen (secondary N) is 2. The molecule has 1 heterocycles. The highest BCUT2D eigenvalue weighted by atomic mass is 32.2. The molecule has 0 bridgehead atoms. The Morgan fingerprint density at radius 3 is 3.00 bits per heavy atom. The number of hydrogen-bond acceptors (Lipinski definition) is 3. The molecule has 0 aliphatic heterocycles. The van der Waals surface area contributed by atoms with Gasteiger partial charge in [0.15, 0.2) is 0 Å². The van der Waals surface area contributed by atoms with Gasteiger partial charge >= 0.3 is 0 Å². The molecule has 78 valence electrons. The Bertz CT molecular complexity index is 323. The Morgan fingerprint density at radius 2 is 2.50 bits per heavy atom. The van der Waals surface area contributed by atoms with Gasteiger partial charge in [-0.05, 0) is 6.92 Å². The zero-order chi connectivity index (χ0) is 10.6. The van der Waals surface area contributed by atoms with Crippen LogP contribution in [0.25, 0.3) is 0 Å². The van der Waals surface area contributed by atoms with E-state index in [1.165, 1.54) is 12.4 Å². The lowest BCUT2D eigenvalue weighted by Gasteiger charge is -2.08. The molecule has 6 heteroatoms. The summed E-state index contributed by atoms with van der Waals surface area (Å²) < 4.78 is 11.0. The van der Waals surface area contributed by atoms with E-state index in [1.807, 2.05) is 6.92 Å². The molecule has 0 saturated heterocycles. The van der Waals surface area contributed by atoms with Crippen LogP contribution in [0.3, 0.4) is 0 Å². The molecule has 0 aromatic carbocycles. The second-order valence-corrected chi connectivity index (χ2v) is 4.81. The molecular formula is C8H13N3O2S. The van der Waals surface area contributed by atoms with Crippen molar-refractivity contribution in [3.05, 3.63) is 18.0 Å². The third-order valence-electron chi connectivity index (χ3n) is 1.88. The highest BCUT2D eigenvalue weighted by Crippen LogP contribution is 1.95. The van der Waals surface area contributed by atoms with Gasteiger partial charge in [0.2, 0.25) is 0 Å². The normalized spacial score (nSPS) is 14.7. The minimum absolute atomic E-state index is 0.0362. The van der Waals surface area contributed by atoms with E-state index in [2.05, 4.69) is 15.5 Å². The second-order valence-electron chi connectivity index (χ2n) is 3.01. The average molecular weight is 215 g/mol. The van der Waals surface area contributed by atoms with Crippen molar-refractivity contribution in [2.75, 3.05) is 12.8 Å². The zero-order valence-electron chi connectivity index (χ0n) is 8.11. The molecule has 1 aromatic heterocycles. The summed E-state index contributed by atoms with van der Waals surface area (Å²) in [7, 11) is -0.912. The fraction of sp³-hybridized carbons (Fsp3) is 0.500. The summed E-state index contributed by atoms with van der Waals surface area (Å²) in [5, 5.41) is 8.85. The van der Waals surface area contributed by atoms with E-state index < -0.39 is 10.8 Å². The Balaban J connectivity index is 2.40. The predicted molar refractivity (Wildman–Crippen MR) is 54.4 cm³/mol. The molecule has 0 saturated carbocycles. The zero-order valence-corrected chi connectivity index (χ0v) is 8.93. The Labute approximate surface area is 84.7 Å². The SMILES string of the molecule is CC(CNC(=O)c1cn[nH]c1)S(C)=O. The molecular weight excluding hydrogens is 202 g/mol. The lowest BCUT2D eigenvalue weighted by molar-refractivity contribution is 0.0954. The van der Waals surface area contributed by atoms with Crippen LogP contribution in [-0.2, 0) is 10.8 Å². The van der Waals surface area contributed by atoms with E-state index in [9.17, 15) is 9.00 Å². The van der Waals surface area contributed by atoms with E-state index in [-0.39, 0.29) is 11.2 Å².